The molecule has 0 unspecified atom stereocenters. The zero-order valence-corrected chi connectivity index (χ0v) is 10.7. The summed E-state index contributed by atoms with van der Waals surface area (Å²) < 4.78 is 0. The number of amides is 1. The Morgan fingerprint density at radius 2 is 1.94 bits per heavy atom. The Hall–Kier alpha value is -0.610. The summed E-state index contributed by atoms with van der Waals surface area (Å²) in [5.74, 6) is 0.316. The molecule has 0 aromatic rings. The van der Waals surface area contributed by atoms with E-state index in [1.165, 1.54) is 0 Å². The van der Waals surface area contributed by atoms with Gasteiger partial charge < -0.3 is 15.1 Å². The van der Waals surface area contributed by atoms with E-state index in [-0.39, 0.29) is 0 Å². The molecule has 0 saturated carbocycles. The summed E-state index contributed by atoms with van der Waals surface area (Å²) in [6.07, 6.45) is 1.84. The van der Waals surface area contributed by atoms with Crippen molar-refractivity contribution in [3.05, 3.63) is 0 Å². The Balaban J connectivity index is 2.22. The highest BCUT2D eigenvalue weighted by Crippen LogP contribution is 2.00. The first-order valence-corrected chi connectivity index (χ1v) is 6.48. The van der Waals surface area contributed by atoms with Crippen LogP contribution in [0.15, 0.2) is 0 Å². The first-order chi connectivity index (χ1) is 7.77. The third-order valence-corrected chi connectivity index (χ3v) is 3.10. The molecule has 0 atom stereocenters. The molecular weight excluding hydrogens is 202 g/mol. The summed E-state index contributed by atoms with van der Waals surface area (Å²) in [4.78, 5) is 16.2. The van der Waals surface area contributed by atoms with Crippen molar-refractivity contribution in [2.75, 3.05) is 45.8 Å². The van der Waals surface area contributed by atoms with Crippen LogP contribution in [0.5, 0.6) is 0 Å². The molecule has 1 heterocycles. The second kappa shape index (κ2) is 7.63. The average molecular weight is 227 g/mol. The van der Waals surface area contributed by atoms with E-state index in [2.05, 4.69) is 24.1 Å². The van der Waals surface area contributed by atoms with Crippen molar-refractivity contribution < 1.29 is 4.79 Å². The maximum absolute atomic E-state index is 11.9. The molecule has 1 saturated heterocycles. The molecular formula is C12H25N3O. The second-order valence-corrected chi connectivity index (χ2v) is 4.32. The van der Waals surface area contributed by atoms with Crippen molar-refractivity contribution >= 4 is 5.91 Å². The number of hydrogen-bond donors (Lipinski definition) is 1. The van der Waals surface area contributed by atoms with E-state index in [4.69, 9.17) is 0 Å². The van der Waals surface area contributed by atoms with Crippen LogP contribution >= 0.6 is 0 Å². The van der Waals surface area contributed by atoms with E-state index in [1.807, 2.05) is 4.90 Å². The van der Waals surface area contributed by atoms with Crippen LogP contribution in [-0.4, -0.2) is 61.5 Å². The Labute approximate surface area is 99.0 Å². The Morgan fingerprint density at radius 1 is 1.25 bits per heavy atom. The zero-order chi connectivity index (χ0) is 11.8. The first-order valence-electron chi connectivity index (χ1n) is 6.48. The molecule has 1 amide bonds. The summed E-state index contributed by atoms with van der Waals surface area (Å²) in [5.41, 5.74) is 0. The fraction of sp³-hybridized carbons (Fsp3) is 0.917. The van der Waals surface area contributed by atoms with Crippen LogP contribution in [0.25, 0.3) is 0 Å². The van der Waals surface area contributed by atoms with Gasteiger partial charge in [-0.3, -0.25) is 4.79 Å². The van der Waals surface area contributed by atoms with E-state index in [1.54, 1.807) is 0 Å². The Bertz CT molecular complexity index is 202. The maximum atomic E-state index is 11.9. The van der Waals surface area contributed by atoms with Gasteiger partial charge in [-0.1, -0.05) is 13.8 Å². The van der Waals surface area contributed by atoms with E-state index in [9.17, 15) is 4.79 Å². The summed E-state index contributed by atoms with van der Waals surface area (Å²) in [7, 11) is 0. The van der Waals surface area contributed by atoms with Crippen molar-refractivity contribution in [2.45, 2.75) is 26.7 Å². The smallest absolute Gasteiger partial charge is 0.223 e. The molecule has 0 radical (unpaired) electrons. The van der Waals surface area contributed by atoms with Gasteiger partial charge in [-0.25, -0.2) is 0 Å². The number of piperazine rings is 1. The van der Waals surface area contributed by atoms with Gasteiger partial charge in [-0.15, -0.1) is 0 Å². The Morgan fingerprint density at radius 3 is 2.50 bits per heavy atom. The van der Waals surface area contributed by atoms with Crippen molar-refractivity contribution in [1.29, 1.82) is 0 Å². The van der Waals surface area contributed by atoms with Gasteiger partial charge in [0.2, 0.25) is 5.91 Å². The van der Waals surface area contributed by atoms with E-state index >= 15 is 0 Å². The van der Waals surface area contributed by atoms with Crippen molar-refractivity contribution in [1.82, 2.24) is 15.1 Å². The summed E-state index contributed by atoms with van der Waals surface area (Å²) in [6.45, 7) is 11.0. The molecule has 0 spiro atoms. The molecule has 0 aromatic heterocycles. The molecule has 1 N–H and O–H groups in total. The topological polar surface area (TPSA) is 35.6 Å². The van der Waals surface area contributed by atoms with Crippen LogP contribution in [0.2, 0.25) is 0 Å². The summed E-state index contributed by atoms with van der Waals surface area (Å²) in [5, 5.41) is 3.26. The molecule has 94 valence electrons. The van der Waals surface area contributed by atoms with E-state index in [0.717, 1.165) is 52.2 Å². The molecule has 16 heavy (non-hydrogen) atoms. The first kappa shape index (κ1) is 13.5. The van der Waals surface area contributed by atoms with Crippen LogP contribution in [-0.2, 0) is 4.79 Å². The number of rotatable bonds is 6. The maximum Gasteiger partial charge on any atom is 0.223 e. The van der Waals surface area contributed by atoms with Crippen molar-refractivity contribution in [3.8, 4) is 0 Å². The third-order valence-electron chi connectivity index (χ3n) is 3.10. The van der Waals surface area contributed by atoms with Crippen LogP contribution in [0.4, 0.5) is 0 Å². The number of nitrogens with zero attached hydrogens (tertiary/aromatic N) is 2. The van der Waals surface area contributed by atoms with Crippen molar-refractivity contribution in [2.24, 2.45) is 0 Å². The van der Waals surface area contributed by atoms with Crippen LogP contribution < -0.4 is 5.32 Å². The average Bonchev–Trinajstić information content (AvgIpc) is 2.35. The van der Waals surface area contributed by atoms with Gasteiger partial charge in [-0.2, -0.15) is 0 Å². The minimum Gasteiger partial charge on any atom is -0.340 e. The standard InChI is InChI=1S/C12H25N3O/c1-3-8-14(4-2)9-5-12(16)15-10-6-13-7-11-15/h13H,3-11H2,1-2H3. The van der Waals surface area contributed by atoms with Crippen LogP contribution in [0, 0.1) is 0 Å². The van der Waals surface area contributed by atoms with Crippen LogP contribution in [0.3, 0.4) is 0 Å². The van der Waals surface area contributed by atoms with Crippen LogP contribution in [0.1, 0.15) is 26.7 Å². The molecule has 1 rings (SSSR count). The van der Waals surface area contributed by atoms with Gasteiger partial charge in [0.15, 0.2) is 0 Å². The van der Waals surface area contributed by atoms with E-state index in [0.29, 0.717) is 12.3 Å². The van der Waals surface area contributed by atoms with Crippen molar-refractivity contribution in [3.63, 3.8) is 0 Å². The van der Waals surface area contributed by atoms with Gasteiger partial charge in [-0.05, 0) is 19.5 Å². The quantitative estimate of drug-likeness (QED) is 0.719. The lowest BCUT2D eigenvalue weighted by atomic mass is 10.3. The number of nitrogens with one attached hydrogen (secondary N) is 1. The highest BCUT2D eigenvalue weighted by molar-refractivity contribution is 5.76. The molecule has 1 aliphatic rings. The molecule has 1 fully saturated rings. The zero-order valence-electron chi connectivity index (χ0n) is 10.7. The largest absolute Gasteiger partial charge is 0.340 e. The summed E-state index contributed by atoms with van der Waals surface area (Å²) in [6, 6.07) is 0. The molecule has 1 aliphatic heterocycles. The fourth-order valence-corrected chi connectivity index (χ4v) is 2.07. The van der Waals surface area contributed by atoms with Gasteiger partial charge in [0.1, 0.15) is 0 Å². The molecule has 4 heteroatoms. The predicted molar refractivity (Wildman–Crippen MR) is 66.5 cm³/mol. The number of carbonyl (C=O) groups is 1. The highest BCUT2D eigenvalue weighted by Gasteiger charge is 2.16. The normalized spacial score (nSPS) is 16.8. The minimum atomic E-state index is 0.316. The molecule has 0 aromatic carbocycles. The molecule has 0 bridgehead atoms. The highest BCUT2D eigenvalue weighted by atomic mass is 16.2. The number of carbonyl (C=O) groups excluding carboxylic acids is 1. The predicted octanol–water partition coefficient (Wildman–Crippen LogP) is 0.540. The lowest BCUT2D eigenvalue weighted by molar-refractivity contribution is -0.132. The lowest BCUT2D eigenvalue weighted by Crippen LogP contribution is -2.47. The Kier molecular flexibility index (Phi) is 6.42. The SMILES string of the molecule is CCCN(CC)CCC(=O)N1CCNCC1. The number of hydrogen-bond acceptors (Lipinski definition) is 3. The van der Waals surface area contributed by atoms with Gasteiger partial charge in [0, 0.05) is 39.1 Å². The van der Waals surface area contributed by atoms with E-state index < -0.39 is 0 Å². The fourth-order valence-electron chi connectivity index (χ4n) is 2.07. The second-order valence-electron chi connectivity index (χ2n) is 4.32. The van der Waals surface area contributed by atoms with Gasteiger partial charge >= 0.3 is 0 Å². The lowest BCUT2D eigenvalue weighted by Gasteiger charge is -2.28. The minimum absolute atomic E-state index is 0.316. The van der Waals surface area contributed by atoms with Gasteiger partial charge in [0.05, 0.1) is 0 Å². The molecule has 0 aliphatic carbocycles. The summed E-state index contributed by atoms with van der Waals surface area (Å²) >= 11 is 0. The molecule has 4 nitrogen and oxygen atoms in total. The van der Waals surface area contributed by atoms with Gasteiger partial charge in [0.25, 0.3) is 0 Å². The monoisotopic (exact) mass is 227 g/mol. The third kappa shape index (κ3) is 4.49.